The smallest absolute Gasteiger partial charge is 0.231 e. The summed E-state index contributed by atoms with van der Waals surface area (Å²) >= 11 is 0. The highest BCUT2D eigenvalue weighted by molar-refractivity contribution is 5.83. The van der Waals surface area contributed by atoms with Crippen molar-refractivity contribution in [2.75, 3.05) is 13.2 Å². The van der Waals surface area contributed by atoms with E-state index in [1.807, 2.05) is 0 Å². The molecule has 0 aromatic carbocycles. The van der Waals surface area contributed by atoms with Crippen molar-refractivity contribution in [2.45, 2.75) is 32.4 Å². The first-order valence-corrected chi connectivity index (χ1v) is 6.89. The third kappa shape index (κ3) is 2.04. The summed E-state index contributed by atoms with van der Waals surface area (Å²) in [5.41, 5.74) is 0.0739. The quantitative estimate of drug-likeness (QED) is 0.835. The van der Waals surface area contributed by atoms with Crippen LogP contribution in [0.5, 0.6) is 5.75 Å². The van der Waals surface area contributed by atoms with E-state index in [4.69, 9.17) is 10.00 Å². The van der Waals surface area contributed by atoms with Crippen LogP contribution in [0.1, 0.15) is 37.4 Å². The van der Waals surface area contributed by atoms with E-state index in [2.05, 4.69) is 11.1 Å². The molecule has 0 unspecified atom stereocenters. The van der Waals surface area contributed by atoms with Crippen LogP contribution in [0.25, 0.3) is 0 Å². The van der Waals surface area contributed by atoms with Crippen molar-refractivity contribution in [1.82, 2.24) is 9.88 Å². The fourth-order valence-corrected chi connectivity index (χ4v) is 2.93. The Hall–Kier alpha value is -2.16. The predicted molar refractivity (Wildman–Crippen MR) is 72.2 cm³/mol. The molecule has 0 N–H and O–H groups in total. The number of pyridine rings is 1. The van der Waals surface area contributed by atoms with E-state index in [9.17, 15) is 9.18 Å². The number of amides is 1. The van der Waals surface area contributed by atoms with Crippen LogP contribution in [-0.4, -0.2) is 35.1 Å². The first-order chi connectivity index (χ1) is 9.97. The number of hydrogen-bond donors (Lipinski definition) is 0. The third-order valence-electron chi connectivity index (χ3n) is 4.12. The molecule has 6 heteroatoms. The average molecular weight is 289 g/mol. The molecular formula is C15H16FN3O2. The number of aromatic nitrogens is 1. The highest BCUT2D eigenvalue weighted by Gasteiger charge is 2.46. The van der Waals surface area contributed by atoms with E-state index >= 15 is 0 Å². The minimum atomic E-state index is -1.04. The molecular weight excluding hydrogens is 273 g/mol. The molecule has 1 aromatic heterocycles. The Bertz CT molecular complexity index is 638. The number of alkyl halides is 1. The number of likely N-dealkylation sites (tertiary alicyclic amines) is 1. The fourth-order valence-electron chi connectivity index (χ4n) is 2.93. The molecule has 0 spiro atoms. The zero-order valence-electron chi connectivity index (χ0n) is 12.0. The van der Waals surface area contributed by atoms with Crippen molar-refractivity contribution in [3.8, 4) is 11.8 Å². The Balaban J connectivity index is 2.00. The van der Waals surface area contributed by atoms with Gasteiger partial charge in [-0.2, -0.15) is 5.26 Å². The van der Waals surface area contributed by atoms with Gasteiger partial charge in [0.05, 0.1) is 18.0 Å². The van der Waals surface area contributed by atoms with Gasteiger partial charge in [0.2, 0.25) is 5.91 Å². The van der Waals surface area contributed by atoms with Crippen LogP contribution >= 0.6 is 0 Å². The highest BCUT2D eigenvalue weighted by Crippen LogP contribution is 2.45. The number of nitrogens with zero attached hydrogens (tertiary/aromatic N) is 3. The highest BCUT2D eigenvalue weighted by atomic mass is 19.1. The van der Waals surface area contributed by atoms with Crippen molar-refractivity contribution >= 4 is 5.91 Å². The number of fused-ring (bicyclic) bond motifs is 4. The van der Waals surface area contributed by atoms with Crippen LogP contribution in [0, 0.1) is 16.7 Å². The second kappa shape index (κ2) is 4.69. The second-order valence-corrected chi connectivity index (χ2v) is 6.18. The number of carbonyl (C=O) groups is 1. The minimum Gasteiger partial charge on any atom is -0.487 e. The number of carbonyl (C=O) groups excluding carboxylic acids is 1. The molecule has 2 aliphatic heterocycles. The molecule has 1 aromatic rings. The first kappa shape index (κ1) is 13.8. The van der Waals surface area contributed by atoms with Gasteiger partial charge >= 0.3 is 0 Å². The maximum atomic E-state index is 13.1. The lowest BCUT2D eigenvalue weighted by molar-refractivity contribution is -0.142. The summed E-state index contributed by atoms with van der Waals surface area (Å²) in [5.74, 6) is 0.290. The lowest BCUT2D eigenvalue weighted by Crippen LogP contribution is -2.42. The minimum absolute atomic E-state index is 0.142. The average Bonchev–Trinajstić information content (AvgIpc) is 2.84. The number of rotatable bonds is 2. The first-order valence-electron chi connectivity index (χ1n) is 6.89. The Labute approximate surface area is 122 Å². The van der Waals surface area contributed by atoms with E-state index < -0.39 is 12.1 Å². The van der Waals surface area contributed by atoms with Gasteiger partial charge in [-0.3, -0.25) is 9.78 Å². The molecule has 21 heavy (non-hydrogen) atoms. The Morgan fingerprint density at radius 3 is 3.05 bits per heavy atom. The molecule has 1 saturated heterocycles. The molecule has 5 nitrogen and oxygen atoms in total. The normalized spacial score (nSPS) is 23.2. The van der Waals surface area contributed by atoms with Crippen LogP contribution in [0.2, 0.25) is 0 Å². The maximum absolute atomic E-state index is 13.1. The van der Waals surface area contributed by atoms with Gasteiger partial charge < -0.3 is 9.64 Å². The van der Waals surface area contributed by atoms with Crippen molar-refractivity contribution in [3.05, 3.63) is 23.5 Å². The van der Waals surface area contributed by atoms with Gasteiger partial charge in [-0.15, -0.1) is 0 Å². The van der Waals surface area contributed by atoms with Crippen LogP contribution in [0.4, 0.5) is 4.39 Å². The standard InChI is InChI=1S/C15H16FN3O2/c1-15(2,8-16)14(20)19-7-10-3-12(19)11-6-18-5-9(4-17)13(11)21-10/h5-6,10,12H,3,7-8H2,1-2H3/t10-,12-/m0/s1. The molecule has 0 radical (unpaired) electrons. The van der Waals surface area contributed by atoms with Crippen LogP contribution < -0.4 is 4.74 Å². The lowest BCUT2D eigenvalue weighted by atomic mass is 9.92. The van der Waals surface area contributed by atoms with Gasteiger partial charge in [-0.1, -0.05) is 0 Å². The number of ether oxygens (including phenoxy) is 1. The second-order valence-electron chi connectivity index (χ2n) is 6.18. The molecule has 3 heterocycles. The van der Waals surface area contributed by atoms with Gasteiger partial charge in [0.25, 0.3) is 0 Å². The third-order valence-corrected chi connectivity index (χ3v) is 4.12. The summed E-state index contributed by atoms with van der Waals surface area (Å²) in [5, 5.41) is 9.13. The molecule has 0 saturated carbocycles. The molecule has 3 rings (SSSR count). The monoisotopic (exact) mass is 289 g/mol. The van der Waals surface area contributed by atoms with E-state index in [1.54, 1.807) is 24.9 Å². The summed E-state index contributed by atoms with van der Waals surface area (Å²) in [4.78, 5) is 18.3. The number of halogens is 1. The molecule has 2 bridgehead atoms. The lowest BCUT2D eigenvalue weighted by Gasteiger charge is -2.31. The zero-order chi connectivity index (χ0) is 15.2. The fraction of sp³-hybridized carbons (Fsp3) is 0.533. The van der Waals surface area contributed by atoms with Gasteiger partial charge in [0, 0.05) is 24.4 Å². The van der Waals surface area contributed by atoms with Crippen molar-refractivity contribution < 1.29 is 13.9 Å². The number of hydrogen-bond acceptors (Lipinski definition) is 4. The van der Waals surface area contributed by atoms with Gasteiger partial charge in [0.1, 0.15) is 30.2 Å². The van der Waals surface area contributed by atoms with E-state index in [-0.39, 0.29) is 18.1 Å². The Kier molecular flexibility index (Phi) is 3.08. The largest absolute Gasteiger partial charge is 0.487 e. The Morgan fingerprint density at radius 2 is 2.38 bits per heavy atom. The topological polar surface area (TPSA) is 66.2 Å². The van der Waals surface area contributed by atoms with Crippen molar-refractivity contribution in [2.24, 2.45) is 5.41 Å². The van der Waals surface area contributed by atoms with Crippen molar-refractivity contribution in [1.29, 1.82) is 5.26 Å². The molecule has 2 atom stereocenters. The van der Waals surface area contributed by atoms with Crippen LogP contribution in [0.3, 0.4) is 0 Å². The van der Waals surface area contributed by atoms with Crippen molar-refractivity contribution in [3.63, 3.8) is 0 Å². The molecule has 110 valence electrons. The molecule has 1 fully saturated rings. The van der Waals surface area contributed by atoms with Gasteiger partial charge in [0.15, 0.2) is 0 Å². The maximum Gasteiger partial charge on any atom is 0.231 e. The number of nitriles is 1. The molecule has 2 aliphatic rings. The van der Waals surface area contributed by atoms with E-state index in [1.165, 1.54) is 6.20 Å². The summed E-state index contributed by atoms with van der Waals surface area (Å²) in [6.07, 6.45) is 3.61. The summed E-state index contributed by atoms with van der Waals surface area (Å²) in [7, 11) is 0. The van der Waals surface area contributed by atoms with E-state index in [0.717, 1.165) is 5.56 Å². The summed E-state index contributed by atoms with van der Waals surface area (Å²) in [6.45, 7) is 2.92. The Morgan fingerprint density at radius 1 is 1.62 bits per heavy atom. The van der Waals surface area contributed by atoms with Crippen LogP contribution in [-0.2, 0) is 4.79 Å². The van der Waals surface area contributed by atoms with Gasteiger partial charge in [-0.25, -0.2) is 4.39 Å². The van der Waals surface area contributed by atoms with E-state index in [0.29, 0.717) is 24.3 Å². The molecule has 1 amide bonds. The van der Waals surface area contributed by atoms with Crippen LogP contribution in [0.15, 0.2) is 12.4 Å². The van der Waals surface area contributed by atoms with Gasteiger partial charge in [-0.05, 0) is 13.8 Å². The summed E-state index contributed by atoms with van der Waals surface area (Å²) < 4.78 is 18.9. The SMILES string of the molecule is CC(C)(CF)C(=O)N1C[C@@H]2C[C@H]1c1cncc(C#N)c1O2. The molecule has 0 aliphatic carbocycles. The predicted octanol–water partition coefficient (Wildman–Crippen LogP) is 1.98. The zero-order valence-corrected chi connectivity index (χ0v) is 12.0. The summed E-state index contributed by atoms with van der Waals surface area (Å²) in [6, 6.07) is 1.88.